The van der Waals surface area contributed by atoms with Crippen LogP contribution < -0.4 is 10.6 Å². The molecular formula is C22H21FN4O2S. The standard InChI is InChI=1S/C22H21FN4O2S/c23-17-11-15(22-27-18-4-1-2-5-20(18)30-22)7-6-14(17)10-16(12-24)26-21(28)19-13-25-8-3-9-29-19/h1-2,4-7,11,16,19,25H,3,8-10,13H2,(H,26,28)/t16-,19?/m0/s1. The van der Waals surface area contributed by atoms with Gasteiger partial charge in [-0.3, -0.25) is 4.79 Å². The molecule has 3 aromatic rings. The maximum Gasteiger partial charge on any atom is 0.251 e. The van der Waals surface area contributed by atoms with Crippen LogP contribution in [0.4, 0.5) is 4.39 Å². The Labute approximate surface area is 177 Å². The van der Waals surface area contributed by atoms with E-state index in [2.05, 4.69) is 15.6 Å². The summed E-state index contributed by atoms with van der Waals surface area (Å²) in [7, 11) is 0. The predicted octanol–water partition coefficient (Wildman–Crippen LogP) is 3.03. The predicted molar refractivity (Wildman–Crippen MR) is 113 cm³/mol. The van der Waals surface area contributed by atoms with Crippen LogP contribution in [0.15, 0.2) is 42.5 Å². The number of rotatable bonds is 5. The van der Waals surface area contributed by atoms with Crippen molar-refractivity contribution < 1.29 is 13.9 Å². The summed E-state index contributed by atoms with van der Waals surface area (Å²) in [6.07, 6.45) is 0.265. The maximum atomic E-state index is 14.8. The highest BCUT2D eigenvalue weighted by Crippen LogP contribution is 2.31. The molecule has 0 spiro atoms. The second-order valence-corrected chi connectivity index (χ2v) is 8.14. The van der Waals surface area contributed by atoms with Gasteiger partial charge in [-0.05, 0) is 36.7 Å². The van der Waals surface area contributed by atoms with Crippen molar-refractivity contribution in [2.24, 2.45) is 0 Å². The SMILES string of the molecule is N#C[C@H](Cc1ccc(-c2nc3ccccc3s2)cc1F)NC(=O)C1CNCCCO1. The third-order valence-corrected chi connectivity index (χ3v) is 6.01. The number of aromatic nitrogens is 1. The van der Waals surface area contributed by atoms with Gasteiger partial charge in [0, 0.05) is 25.1 Å². The summed E-state index contributed by atoms with van der Waals surface area (Å²) in [5, 5.41) is 16.0. The Kier molecular flexibility index (Phi) is 6.33. The normalized spacial score (nSPS) is 17.8. The van der Waals surface area contributed by atoms with E-state index in [-0.39, 0.29) is 12.3 Å². The second-order valence-electron chi connectivity index (χ2n) is 7.10. The molecule has 0 saturated carbocycles. The lowest BCUT2D eigenvalue weighted by atomic mass is 10.0. The highest BCUT2D eigenvalue weighted by molar-refractivity contribution is 7.21. The van der Waals surface area contributed by atoms with Crippen molar-refractivity contribution in [1.82, 2.24) is 15.6 Å². The van der Waals surface area contributed by atoms with Crippen LogP contribution in [-0.2, 0) is 16.0 Å². The number of benzene rings is 2. The molecule has 154 valence electrons. The van der Waals surface area contributed by atoms with Crippen LogP contribution in [0.5, 0.6) is 0 Å². The Balaban J connectivity index is 1.45. The molecule has 2 aromatic carbocycles. The summed E-state index contributed by atoms with van der Waals surface area (Å²) < 4.78 is 21.3. The summed E-state index contributed by atoms with van der Waals surface area (Å²) in [5.41, 5.74) is 1.93. The van der Waals surface area contributed by atoms with Crippen molar-refractivity contribution in [2.75, 3.05) is 19.7 Å². The van der Waals surface area contributed by atoms with Gasteiger partial charge in [0.15, 0.2) is 0 Å². The largest absolute Gasteiger partial charge is 0.367 e. The average molecular weight is 425 g/mol. The molecule has 1 aliphatic heterocycles. The fourth-order valence-corrected chi connectivity index (χ4v) is 4.30. The van der Waals surface area contributed by atoms with Crippen molar-refractivity contribution in [2.45, 2.75) is 25.0 Å². The van der Waals surface area contributed by atoms with Gasteiger partial charge < -0.3 is 15.4 Å². The Bertz CT molecular complexity index is 1050. The lowest BCUT2D eigenvalue weighted by Gasteiger charge is -2.18. The molecule has 1 aromatic heterocycles. The van der Waals surface area contributed by atoms with Gasteiger partial charge in [0.2, 0.25) is 0 Å². The van der Waals surface area contributed by atoms with Crippen LogP contribution in [0.25, 0.3) is 20.8 Å². The molecule has 1 saturated heterocycles. The molecule has 0 aliphatic carbocycles. The first kappa shape index (κ1) is 20.4. The Morgan fingerprint density at radius 1 is 1.40 bits per heavy atom. The number of nitriles is 1. The zero-order valence-electron chi connectivity index (χ0n) is 16.2. The molecule has 2 atom stereocenters. The number of nitrogens with zero attached hydrogens (tertiary/aromatic N) is 2. The number of fused-ring (bicyclic) bond motifs is 1. The number of thiazole rings is 1. The highest BCUT2D eigenvalue weighted by Gasteiger charge is 2.24. The van der Waals surface area contributed by atoms with Crippen molar-refractivity contribution in [3.63, 3.8) is 0 Å². The number of nitrogens with one attached hydrogen (secondary N) is 2. The molecule has 0 radical (unpaired) electrons. The fourth-order valence-electron chi connectivity index (χ4n) is 3.34. The first-order valence-electron chi connectivity index (χ1n) is 9.81. The van der Waals surface area contributed by atoms with Gasteiger partial charge in [-0.25, -0.2) is 9.37 Å². The van der Waals surface area contributed by atoms with Crippen molar-refractivity contribution in [1.29, 1.82) is 5.26 Å². The van der Waals surface area contributed by atoms with Crippen LogP contribution >= 0.6 is 11.3 Å². The van der Waals surface area contributed by atoms with E-state index in [1.165, 1.54) is 17.4 Å². The van der Waals surface area contributed by atoms with Gasteiger partial charge >= 0.3 is 0 Å². The first-order valence-corrected chi connectivity index (χ1v) is 10.6. The van der Waals surface area contributed by atoms with Crippen LogP contribution in [0.2, 0.25) is 0 Å². The molecule has 1 amide bonds. The highest BCUT2D eigenvalue weighted by atomic mass is 32.1. The van der Waals surface area contributed by atoms with E-state index in [0.717, 1.165) is 28.2 Å². The van der Waals surface area contributed by atoms with Crippen molar-refractivity contribution >= 4 is 27.5 Å². The molecule has 6 nitrogen and oxygen atoms in total. The number of halogens is 1. The topological polar surface area (TPSA) is 87.0 Å². The molecule has 1 unspecified atom stereocenters. The summed E-state index contributed by atoms with van der Waals surface area (Å²) >= 11 is 1.50. The Morgan fingerprint density at radius 3 is 3.07 bits per heavy atom. The zero-order valence-corrected chi connectivity index (χ0v) is 17.0. The molecule has 1 fully saturated rings. The third kappa shape index (κ3) is 4.65. The van der Waals surface area contributed by atoms with E-state index in [1.807, 2.05) is 30.3 Å². The quantitative estimate of drug-likeness (QED) is 0.658. The minimum atomic E-state index is -0.841. The molecule has 1 aliphatic rings. The lowest BCUT2D eigenvalue weighted by molar-refractivity contribution is -0.132. The summed E-state index contributed by atoms with van der Waals surface area (Å²) in [6.45, 7) is 1.68. The van der Waals surface area contributed by atoms with Crippen molar-refractivity contribution in [3.8, 4) is 16.6 Å². The maximum absolute atomic E-state index is 14.8. The molecule has 0 bridgehead atoms. The van der Waals surface area contributed by atoms with Gasteiger partial charge in [0.25, 0.3) is 5.91 Å². The van der Waals surface area contributed by atoms with Crippen LogP contribution in [-0.4, -0.2) is 42.7 Å². The van der Waals surface area contributed by atoms with Gasteiger partial charge in [-0.2, -0.15) is 5.26 Å². The summed E-state index contributed by atoms with van der Waals surface area (Å²) in [6, 6.07) is 13.8. The first-order chi connectivity index (χ1) is 14.6. The molecule has 2 heterocycles. The zero-order chi connectivity index (χ0) is 20.9. The lowest BCUT2D eigenvalue weighted by Crippen LogP contribution is -2.46. The third-order valence-electron chi connectivity index (χ3n) is 4.93. The summed E-state index contributed by atoms with van der Waals surface area (Å²) in [4.78, 5) is 16.9. The smallest absolute Gasteiger partial charge is 0.251 e. The van der Waals surface area contributed by atoms with Gasteiger partial charge in [0.1, 0.15) is 23.0 Å². The molecule has 2 N–H and O–H groups in total. The Hall–Kier alpha value is -2.86. The van der Waals surface area contributed by atoms with Crippen molar-refractivity contribution in [3.05, 3.63) is 53.8 Å². The number of carbonyl (C=O) groups is 1. The van der Waals surface area contributed by atoms with E-state index in [0.29, 0.717) is 24.3 Å². The second kappa shape index (κ2) is 9.30. The van der Waals surface area contributed by atoms with Gasteiger partial charge in [-0.1, -0.05) is 24.3 Å². The molecule has 30 heavy (non-hydrogen) atoms. The number of ether oxygens (including phenoxy) is 1. The van der Waals surface area contributed by atoms with E-state index < -0.39 is 18.0 Å². The Morgan fingerprint density at radius 2 is 2.27 bits per heavy atom. The van der Waals surface area contributed by atoms with E-state index in [9.17, 15) is 14.4 Å². The van der Waals surface area contributed by atoms with E-state index >= 15 is 0 Å². The summed E-state index contributed by atoms with van der Waals surface area (Å²) in [5.74, 6) is -0.781. The average Bonchev–Trinajstić information content (AvgIpc) is 3.00. The number of amides is 1. The number of hydrogen-bond acceptors (Lipinski definition) is 6. The van der Waals surface area contributed by atoms with Crippen LogP contribution in [0.1, 0.15) is 12.0 Å². The molecular weight excluding hydrogens is 403 g/mol. The molecule has 8 heteroatoms. The number of carbonyl (C=O) groups excluding carboxylic acids is 1. The minimum Gasteiger partial charge on any atom is -0.367 e. The fraction of sp³-hybridized carbons (Fsp3) is 0.318. The van der Waals surface area contributed by atoms with E-state index in [1.54, 1.807) is 12.1 Å². The van der Waals surface area contributed by atoms with E-state index in [4.69, 9.17) is 4.74 Å². The number of hydrogen-bond donors (Lipinski definition) is 2. The monoisotopic (exact) mass is 424 g/mol. The van der Waals surface area contributed by atoms with Gasteiger partial charge in [0.05, 0.1) is 16.3 Å². The van der Waals surface area contributed by atoms with Crippen LogP contribution in [0.3, 0.4) is 0 Å². The van der Waals surface area contributed by atoms with Crippen LogP contribution in [0, 0.1) is 17.1 Å². The molecule has 4 rings (SSSR count). The minimum absolute atomic E-state index is 0.0777. The van der Waals surface area contributed by atoms with Gasteiger partial charge in [-0.15, -0.1) is 11.3 Å². The number of para-hydroxylation sites is 1.